The molecule has 0 aromatic heterocycles. The molecule has 0 bridgehead atoms. The average Bonchev–Trinajstić information content (AvgIpc) is 2.42. The lowest BCUT2D eigenvalue weighted by Crippen LogP contribution is -2.21. The number of benzene rings is 1. The van der Waals surface area contributed by atoms with Gasteiger partial charge in [-0.2, -0.15) is 0 Å². The van der Waals surface area contributed by atoms with Gasteiger partial charge in [0.15, 0.2) is 0 Å². The summed E-state index contributed by atoms with van der Waals surface area (Å²) in [6.07, 6.45) is 2.39. The molecule has 108 valence electrons. The van der Waals surface area contributed by atoms with Crippen molar-refractivity contribution >= 4 is 0 Å². The summed E-state index contributed by atoms with van der Waals surface area (Å²) < 4.78 is 11.4. The van der Waals surface area contributed by atoms with Crippen LogP contribution >= 0.6 is 0 Å². The van der Waals surface area contributed by atoms with Crippen molar-refractivity contribution in [1.82, 2.24) is 5.32 Å². The van der Waals surface area contributed by atoms with Crippen LogP contribution in [0.2, 0.25) is 0 Å². The summed E-state index contributed by atoms with van der Waals surface area (Å²) in [6, 6.07) is 8.52. The Morgan fingerprint density at radius 1 is 1.11 bits per heavy atom. The molecule has 0 fully saturated rings. The zero-order valence-electron chi connectivity index (χ0n) is 12.4. The van der Waals surface area contributed by atoms with E-state index in [0.29, 0.717) is 13.2 Å². The van der Waals surface area contributed by atoms with E-state index in [2.05, 4.69) is 43.4 Å². The molecule has 0 spiro atoms. The molecule has 1 aromatic carbocycles. The first-order valence-corrected chi connectivity index (χ1v) is 7.18. The van der Waals surface area contributed by atoms with E-state index in [0.717, 1.165) is 19.6 Å². The quantitative estimate of drug-likeness (QED) is 0.659. The lowest BCUT2D eigenvalue weighted by molar-refractivity contribution is 0.00429. The Labute approximate surface area is 117 Å². The maximum absolute atomic E-state index is 5.90. The van der Waals surface area contributed by atoms with Crippen LogP contribution in [0.5, 0.6) is 0 Å². The van der Waals surface area contributed by atoms with Crippen molar-refractivity contribution in [3.8, 4) is 0 Å². The Morgan fingerprint density at radius 2 is 1.84 bits per heavy atom. The standard InChI is InChI=1S/C16H27NO2/c1-4-5-10-18-11-12-19-16(13-17-3)15-8-6-14(2)7-9-15/h6-9,16-17H,4-5,10-13H2,1-3H3. The molecule has 0 heterocycles. The van der Waals surface area contributed by atoms with Crippen molar-refractivity contribution in [1.29, 1.82) is 0 Å². The van der Waals surface area contributed by atoms with Gasteiger partial charge in [-0.15, -0.1) is 0 Å². The largest absolute Gasteiger partial charge is 0.379 e. The number of likely N-dealkylation sites (N-methyl/N-ethyl adjacent to an activating group) is 1. The van der Waals surface area contributed by atoms with Crippen molar-refractivity contribution in [3.05, 3.63) is 35.4 Å². The van der Waals surface area contributed by atoms with Crippen LogP contribution in [0.15, 0.2) is 24.3 Å². The topological polar surface area (TPSA) is 30.5 Å². The highest BCUT2D eigenvalue weighted by atomic mass is 16.5. The molecular weight excluding hydrogens is 238 g/mol. The smallest absolute Gasteiger partial charge is 0.0950 e. The van der Waals surface area contributed by atoms with Gasteiger partial charge in [0, 0.05) is 13.2 Å². The highest BCUT2D eigenvalue weighted by Gasteiger charge is 2.10. The fourth-order valence-electron chi connectivity index (χ4n) is 1.84. The fourth-order valence-corrected chi connectivity index (χ4v) is 1.84. The Morgan fingerprint density at radius 3 is 2.47 bits per heavy atom. The molecule has 0 radical (unpaired) electrons. The van der Waals surface area contributed by atoms with Crippen LogP contribution in [0.1, 0.15) is 37.0 Å². The number of nitrogens with one attached hydrogen (secondary N) is 1. The Bertz CT molecular complexity index is 324. The number of hydrogen-bond acceptors (Lipinski definition) is 3. The molecule has 3 nitrogen and oxygen atoms in total. The highest BCUT2D eigenvalue weighted by molar-refractivity contribution is 5.23. The molecule has 0 saturated carbocycles. The number of hydrogen-bond donors (Lipinski definition) is 1. The molecule has 0 amide bonds. The van der Waals surface area contributed by atoms with Crippen LogP contribution in [0.4, 0.5) is 0 Å². The number of rotatable bonds is 10. The van der Waals surface area contributed by atoms with E-state index in [4.69, 9.17) is 9.47 Å². The first kappa shape index (κ1) is 16.2. The molecule has 1 aromatic rings. The SMILES string of the molecule is CCCCOCCOC(CNC)c1ccc(C)cc1. The summed E-state index contributed by atoms with van der Waals surface area (Å²) in [7, 11) is 1.95. The molecule has 19 heavy (non-hydrogen) atoms. The number of ether oxygens (including phenoxy) is 2. The van der Waals surface area contributed by atoms with E-state index in [1.165, 1.54) is 17.5 Å². The van der Waals surface area contributed by atoms with Crippen LogP contribution in [0, 0.1) is 6.92 Å². The van der Waals surface area contributed by atoms with E-state index in [-0.39, 0.29) is 6.10 Å². The monoisotopic (exact) mass is 265 g/mol. The zero-order chi connectivity index (χ0) is 13.9. The van der Waals surface area contributed by atoms with Gasteiger partial charge < -0.3 is 14.8 Å². The van der Waals surface area contributed by atoms with Crippen LogP contribution in [0.3, 0.4) is 0 Å². The third-order valence-electron chi connectivity index (χ3n) is 3.03. The van der Waals surface area contributed by atoms with Gasteiger partial charge in [-0.25, -0.2) is 0 Å². The van der Waals surface area contributed by atoms with Gasteiger partial charge >= 0.3 is 0 Å². The predicted molar refractivity (Wildman–Crippen MR) is 79.5 cm³/mol. The molecule has 1 N–H and O–H groups in total. The summed E-state index contributed by atoms with van der Waals surface area (Å²) in [5.41, 5.74) is 2.49. The van der Waals surface area contributed by atoms with Crippen molar-refractivity contribution in [2.45, 2.75) is 32.8 Å². The minimum atomic E-state index is 0.0976. The minimum absolute atomic E-state index is 0.0976. The molecule has 0 aliphatic carbocycles. The van der Waals surface area contributed by atoms with Gasteiger partial charge in [-0.3, -0.25) is 0 Å². The third kappa shape index (κ3) is 6.71. The average molecular weight is 265 g/mol. The fraction of sp³-hybridized carbons (Fsp3) is 0.625. The van der Waals surface area contributed by atoms with Crippen molar-refractivity contribution < 1.29 is 9.47 Å². The van der Waals surface area contributed by atoms with Crippen molar-refractivity contribution in [2.24, 2.45) is 0 Å². The molecule has 0 aliphatic heterocycles. The summed E-state index contributed by atoms with van der Waals surface area (Å²) in [6.45, 7) is 7.23. The maximum atomic E-state index is 5.90. The van der Waals surface area contributed by atoms with Crippen LogP contribution in [-0.4, -0.2) is 33.4 Å². The molecule has 1 atom stereocenters. The summed E-state index contributed by atoms with van der Waals surface area (Å²) in [5, 5.41) is 3.18. The molecule has 1 unspecified atom stereocenters. The van der Waals surface area contributed by atoms with Gasteiger partial charge in [0.2, 0.25) is 0 Å². The molecule has 0 saturated heterocycles. The third-order valence-corrected chi connectivity index (χ3v) is 3.03. The molecule has 3 heteroatoms. The highest BCUT2D eigenvalue weighted by Crippen LogP contribution is 2.17. The van der Waals surface area contributed by atoms with Gasteiger partial charge in [-0.1, -0.05) is 43.2 Å². The second-order valence-corrected chi connectivity index (χ2v) is 4.79. The normalized spacial score (nSPS) is 12.6. The number of unbranched alkanes of at least 4 members (excludes halogenated alkanes) is 1. The lowest BCUT2D eigenvalue weighted by Gasteiger charge is -2.18. The van der Waals surface area contributed by atoms with E-state index in [9.17, 15) is 0 Å². The van der Waals surface area contributed by atoms with Gasteiger partial charge in [0.25, 0.3) is 0 Å². The summed E-state index contributed by atoms with van der Waals surface area (Å²) >= 11 is 0. The van der Waals surface area contributed by atoms with Crippen molar-refractivity contribution in [3.63, 3.8) is 0 Å². The van der Waals surface area contributed by atoms with Crippen LogP contribution in [0.25, 0.3) is 0 Å². The Hall–Kier alpha value is -0.900. The minimum Gasteiger partial charge on any atom is -0.379 e. The Balaban J connectivity index is 2.34. The van der Waals surface area contributed by atoms with Crippen LogP contribution < -0.4 is 5.32 Å². The zero-order valence-corrected chi connectivity index (χ0v) is 12.4. The molecular formula is C16H27NO2. The Kier molecular flexibility index (Phi) is 8.47. The molecule has 1 rings (SSSR count). The van der Waals surface area contributed by atoms with Gasteiger partial charge in [-0.05, 0) is 26.0 Å². The van der Waals surface area contributed by atoms with E-state index >= 15 is 0 Å². The van der Waals surface area contributed by atoms with Crippen LogP contribution in [-0.2, 0) is 9.47 Å². The summed E-state index contributed by atoms with van der Waals surface area (Å²) in [4.78, 5) is 0. The first-order chi connectivity index (χ1) is 9.27. The number of aryl methyl sites for hydroxylation is 1. The maximum Gasteiger partial charge on any atom is 0.0950 e. The predicted octanol–water partition coefficient (Wildman–Crippen LogP) is 3.09. The van der Waals surface area contributed by atoms with Crippen molar-refractivity contribution in [2.75, 3.05) is 33.4 Å². The molecule has 0 aliphatic rings. The summed E-state index contributed by atoms with van der Waals surface area (Å²) in [5.74, 6) is 0. The first-order valence-electron chi connectivity index (χ1n) is 7.18. The second kappa shape index (κ2) is 9.96. The lowest BCUT2D eigenvalue weighted by atomic mass is 10.1. The van der Waals surface area contributed by atoms with Gasteiger partial charge in [0.05, 0.1) is 19.3 Å². The van der Waals surface area contributed by atoms with E-state index in [1.807, 2.05) is 7.05 Å². The van der Waals surface area contributed by atoms with E-state index < -0.39 is 0 Å². The second-order valence-electron chi connectivity index (χ2n) is 4.79. The van der Waals surface area contributed by atoms with Gasteiger partial charge in [0.1, 0.15) is 0 Å². The van der Waals surface area contributed by atoms with E-state index in [1.54, 1.807) is 0 Å².